The maximum atomic E-state index is 14.5. The molecule has 0 spiro atoms. The molecule has 11 heteroatoms. The predicted molar refractivity (Wildman–Crippen MR) is 173 cm³/mol. The van der Waals surface area contributed by atoms with Crippen molar-refractivity contribution < 1.29 is 36.7 Å². The Morgan fingerprint density at radius 3 is 2.22 bits per heavy atom. The van der Waals surface area contributed by atoms with Crippen molar-refractivity contribution in [3.63, 3.8) is 0 Å². The minimum atomic E-state index is -0.476. The molecule has 236 valence electrons. The number of nitrogens with one attached hydrogen (secondary N) is 1. The third-order valence-corrected chi connectivity index (χ3v) is 7.04. The number of aromatic nitrogens is 1. The Morgan fingerprint density at radius 2 is 1.59 bits per heavy atom. The number of amides is 1. The van der Waals surface area contributed by atoms with E-state index in [4.69, 9.17) is 23.2 Å². The normalized spacial score (nSPS) is 10.5. The third-order valence-electron chi connectivity index (χ3n) is 7.04. The van der Waals surface area contributed by atoms with Gasteiger partial charge in [0.25, 0.3) is 5.91 Å². The predicted octanol–water partition coefficient (Wildman–Crippen LogP) is 7.31. The highest BCUT2D eigenvalue weighted by Gasteiger charge is 2.25. The number of anilines is 1. The van der Waals surface area contributed by atoms with Gasteiger partial charge in [-0.05, 0) is 67.1 Å². The Labute approximate surface area is 263 Å². The largest absolute Gasteiger partial charge is 0.493 e. The van der Waals surface area contributed by atoms with E-state index in [2.05, 4.69) is 10.3 Å². The van der Waals surface area contributed by atoms with Gasteiger partial charge in [0.15, 0.2) is 11.4 Å². The Kier molecular flexibility index (Phi) is 10.3. The number of oxazole rings is 1. The van der Waals surface area contributed by atoms with Gasteiger partial charge in [-0.25, -0.2) is 13.8 Å². The van der Waals surface area contributed by atoms with Crippen molar-refractivity contribution in [1.29, 1.82) is 0 Å². The van der Waals surface area contributed by atoms with Crippen LogP contribution in [0.2, 0.25) is 0 Å². The van der Waals surface area contributed by atoms with E-state index in [1.54, 1.807) is 31.3 Å². The fraction of sp³-hybridized carbons (Fsp3) is 0.143. The summed E-state index contributed by atoms with van der Waals surface area (Å²) in [7, 11) is 5.37. The minimum Gasteiger partial charge on any atom is -0.493 e. The van der Waals surface area contributed by atoms with Crippen LogP contribution in [0.1, 0.15) is 17.3 Å². The lowest BCUT2D eigenvalue weighted by Crippen LogP contribution is -2.18. The molecule has 0 aliphatic rings. The monoisotopic (exact) mass is 627 g/mol. The number of rotatable bonds is 7. The number of benzene rings is 4. The number of fused-ring (bicyclic) bond motifs is 2. The zero-order valence-corrected chi connectivity index (χ0v) is 25.6. The smallest absolute Gasteiger partial charge is 0.255 e. The number of nitrogens with zero attached hydrogens (tertiary/aromatic N) is 2. The molecule has 6 rings (SSSR count). The number of hydrogen-bond acceptors (Lipinski definition) is 8. The molecule has 1 amide bonds. The summed E-state index contributed by atoms with van der Waals surface area (Å²) in [6, 6.07) is 19.8. The van der Waals surface area contributed by atoms with Crippen LogP contribution in [-0.2, 0) is 9.59 Å². The van der Waals surface area contributed by atoms with Gasteiger partial charge in [0.05, 0.1) is 17.7 Å². The quantitative estimate of drug-likeness (QED) is 0.196. The number of carbonyl (C=O) groups is 3. The standard InChI is InChI=1S/C33H27F2N3O4.2CH2O/c1-5-40-26-14-11-19(15-23(26)33-37-30-24(35)7-6-8-27(30)42-33)21-16-22-28(17-25(21)38(3)4)41-31(29(22)32(39)36-2)18-9-12-20(34)13-10-18;2*1-2/h6-17H,5H2,1-4H3,(H,36,39);2*1H2. The molecule has 2 aromatic heterocycles. The highest BCUT2D eigenvalue weighted by molar-refractivity contribution is 6.13. The molecule has 0 bridgehead atoms. The molecular weight excluding hydrogens is 596 g/mol. The lowest BCUT2D eigenvalue weighted by atomic mass is 9.96. The number of halogens is 2. The Bertz CT molecular complexity index is 2000. The van der Waals surface area contributed by atoms with Crippen molar-refractivity contribution in [2.24, 2.45) is 0 Å². The molecule has 0 atom stereocenters. The topological polar surface area (TPSA) is 115 Å². The summed E-state index contributed by atoms with van der Waals surface area (Å²) in [5, 5.41) is 3.29. The summed E-state index contributed by atoms with van der Waals surface area (Å²) in [6.45, 7) is 6.28. The van der Waals surface area contributed by atoms with Crippen LogP contribution in [0.15, 0.2) is 81.6 Å². The molecule has 0 saturated heterocycles. The average Bonchev–Trinajstić information content (AvgIpc) is 3.69. The van der Waals surface area contributed by atoms with Crippen molar-refractivity contribution in [2.45, 2.75) is 6.92 Å². The van der Waals surface area contributed by atoms with Gasteiger partial charge in [0.2, 0.25) is 5.89 Å². The number of ether oxygens (including phenoxy) is 1. The summed E-state index contributed by atoms with van der Waals surface area (Å²) in [5.74, 6) is -0.101. The van der Waals surface area contributed by atoms with Gasteiger partial charge in [-0.2, -0.15) is 0 Å². The van der Waals surface area contributed by atoms with Crippen molar-refractivity contribution in [3.05, 3.63) is 90.0 Å². The van der Waals surface area contributed by atoms with E-state index < -0.39 is 5.82 Å². The molecular formula is C35H31F2N3O6. The van der Waals surface area contributed by atoms with E-state index in [1.165, 1.54) is 18.2 Å². The first-order chi connectivity index (χ1) is 22.3. The van der Waals surface area contributed by atoms with Crippen LogP contribution >= 0.6 is 0 Å². The summed E-state index contributed by atoms with van der Waals surface area (Å²) in [4.78, 5) is 35.5. The Morgan fingerprint density at radius 1 is 0.891 bits per heavy atom. The van der Waals surface area contributed by atoms with Crippen LogP contribution in [0.25, 0.3) is 56.0 Å². The molecule has 0 aliphatic carbocycles. The number of furan rings is 1. The zero-order valence-electron chi connectivity index (χ0n) is 25.6. The van der Waals surface area contributed by atoms with Crippen LogP contribution in [0, 0.1) is 11.6 Å². The number of para-hydroxylation sites is 1. The summed E-state index contributed by atoms with van der Waals surface area (Å²) >= 11 is 0. The van der Waals surface area contributed by atoms with Crippen molar-refractivity contribution in [3.8, 4) is 39.7 Å². The highest BCUT2D eigenvalue weighted by Crippen LogP contribution is 2.43. The van der Waals surface area contributed by atoms with Crippen LogP contribution in [0.4, 0.5) is 14.5 Å². The Hall–Kier alpha value is -5.84. The molecule has 1 N–H and O–H groups in total. The summed E-state index contributed by atoms with van der Waals surface area (Å²) in [6.07, 6.45) is 0. The fourth-order valence-electron chi connectivity index (χ4n) is 5.06. The molecule has 9 nitrogen and oxygen atoms in total. The second kappa shape index (κ2) is 14.3. The summed E-state index contributed by atoms with van der Waals surface area (Å²) < 4.78 is 46.2. The van der Waals surface area contributed by atoms with Gasteiger partial charge in [-0.1, -0.05) is 12.1 Å². The molecule has 0 aliphatic heterocycles. The van der Waals surface area contributed by atoms with Gasteiger partial charge in [-0.15, -0.1) is 0 Å². The van der Waals surface area contributed by atoms with Crippen molar-refractivity contribution >= 4 is 47.2 Å². The molecule has 0 saturated carbocycles. The first-order valence-corrected chi connectivity index (χ1v) is 13.9. The van der Waals surface area contributed by atoms with Gasteiger partial charge < -0.3 is 33.4 Å². The summed E-state index contributed by atoms with van der Waals surface area (Å²) in [5.41, 5.74) is 4.85. The molecule has 0 unspecified atom stereocenters. The van der Waals surface area contributed by atoms with Gasteiger partial charge in [0, 0.05) is 49.4 Å². The third kappa shape index (κ3) is 6.20. The second-order valence-electron chi connectivity index (χ2n) is 9.90. The van der Waals surface area contributed by atoms with Crippen molar-refractivity contribution in [1.82, 2.24) is 10.3 Å². The maximum Gasteiger partial charge on any atom is 0.255 e. The average molecular weight is 628 g/mol. The lowest BCUT2D eigenvalue weighted by Gasteiger charge is -2.19. The van der Waals surface area contributed by atoms with E-state index in [9.17, 15) is 13.6 Å². The fourth-order valence-corrected chi connectivity index (χ4v) is 5.06. The number of hydrogen-bond donors (Lipinski definition) is 1. The van der Waals surface area contributed by atoms with Crippen LogP contribution in [0.5, 0.6) is 5.75 Å². The maximum absolute atomic E-state index is 14.5. The molecule has 46 heavy (non-hydrogen) atoms. The SMILES string of the molecule is C=O.C=O.CCOc1ccc(-c2cc3c(C(=O)NC)c(-c4ccc(F)cc4)oc3cc2N(C)C)cc1-c1nc2c(F)cccc2o1. The van der Waals surface area contributed by atoms with E-state index >= 15 is 0 Å². The van der Waals surface area contributed by atoms with Crippen LogP contribution < -0.4 is 15.0 Å². The van der Waals surface area contributed by atoms with E-state index in [0.717, 1.165) is 16.8 Å². The minimum absolute atomic E-state index is 0.137. The first-order valence-electron chi connectivity index (χ1n) is 13.9. The van der Waals surface area contributed by atoms with Crippen LogP contribution in [-0.4, -0.2) is 52.2 Å². The van der Waals surface area contributed by atoms with E-state index in [1.807, 2.05) is 69.8 Å². The highest BCUT2D eigenvalue weighted by atomic mass is 19.1. The zero-order chi connectivity index (χ0) is 33.5. The van der Waals surface area contributed by atoms with Crippen molar-refractivity contribution in [2.75, 3.05) is 32.6 Å². The first kappa shape index (κ1) is 33.1. The lowest BCUT2D eigenvalue weighted by molar-refractivity contribution is -0.0987. The van der Waals surface area contributed by atoms with E-state index in [0.29, 0.717) is 51.4 Å². The van der Waals surface area contributed by atoms with E-state index in [-0.39, 0.29) is 23.1 Å². The molecule has 2 heterocycles. The molecule has 0 radical (unpaired) electrons. The van der Waals surface area contributed by atoms with Crippen LogP contribution in [0.3, 0.4) is 0 Å². The van der Waals surface area contributed by atoms with Gasteiger partial charge in [-0.3, -0.25) is 4.79 Å². The molecule has 0 fully saturated rings. The van der Waals surface area contributed by atoms with Gasteiger partial charge in [0.1, 0.15) is 42.0 Å². The molecule has 6 aromatic rings. The number of carbonyl (C=O) groups excluding carboxylic acids is 3. The second-order valence-corrected chi connectivity index (χ2v) is 9.90. The Balaban J connectivity index is 0.00000116. The van der Waals surface area contributed by atoms with Gasteiger partial charge >= 0.3 is 0 Å². The molecule has 4 aromatic carbocycles.